The molecule has 156 valence electrons. The number of anilines is 1. The Balaban J connectivity index is 1.57. The van der Waals surface area contributed by atoms with Gasteiger partial charge in [-0.25, -0.2) is 14.5 Å². The molecule has 1 saturated carbocycles. The van der Waals surface area contributed by atoms with Gasteiger partial charge in [-0.1, -0.05) is 0 Å². The molecule has 1 aliphatic heterocycles. The smallest absolute Gasteiger partial charge is 0.269 e. The third-order valence-corrected chi connectivity index (χ3v) is 5.75. The number of carbonyl (C=O) groups is 2. The van der Waals surface area contributed by atoms with E-state index < -0.39 is 5.91 Å². The molecule has 1 fully saturated rings. The Bertz CT molecular complexity index is 1370. The highest BCUT2D eigenvalue weighted by Gasteiger charge is 2.32. The second kappa shape index (κ2) is 6.24. The van der Waals surface area contributed by atoms with Crippen molar-refractivity contribution in [3.63, 3.8) is 0 Å². The second-order valence-electron chi connectivity index (χ2n) is 7.84. The van der Waals surface area contributed by atoms with Gasteiger partial charge in [-0.2, -0.15) is 10.2 Å². The van der Waals surface area contributed by atoms with Gasteiger partial charge in [-0.15, -0.1) is 0 Å². The number of carbonyl (C=O) groups excluding carboxylic acids is 2. The minimum absolute atomic E-state index is 0.0700. The number of hydrogen-bond donors (Lipinski definition) is 1. The Morgan fingerprint density at radius 3 is 2.68 bits per heavy atom. The molecule has 2 aliphatic rings. The summed E-state index contributed by atoms with van der Waals surface area (Å²) < 4.78 is 5.37. The Hall–Kier alpha value is -4.02. The van der Waals surface area contributed by atoms with Crippen LogP contribution in [0.25, 0.3) is 28.4 Å². The molecule has 0 radical (unpaired) electrons. The van der Waals surface area contributed by atoms with Crippen molar-refractivity contribution in [3.8, 4) is 22.8 Å². The third kappa shape index (κ3) is 2.66. The van der Waals surface area contributed by atoms with Crippen molar-refractivity contribution in [3.05, 3.63) is 36.3 Å². The quantitative estimate of drug-likeness (QED) is 0.532. The molecule has 0 saturated heterocycles. The lowest BCUT2D eigenvalue weighted by atomic mass is 10.2. The van der Waals surface area contributed by atoms with Crippen molar-refractivity contribution in [1.82, 2.24) is 33.9 Å². The van der Waals surface area contributed by atoms with Crippen LogP contribution in [0.15, 0.2) is 30.6 Å². The highest BCUT2D eigenvalue weighted by molar-refractivity contribution is 5.93. The summed E-state index contributed by atoms with van der Waals surface area (Å²) in [5, 5.41) is 9.37. The van der Waals surface area contributed by atoms with E-state index in [2.05, 4.69) is 10.1 Å². The topological polar surface area (TPSA) is 129 Å². The number of fused-ring (bicyclic) bond motifs is 2. The molecule has 2 N–H and O–H groups in total. The second-order valence-corrected chi connectivity index (χ2v) is 7.84. The molecule has 0 unspecified atom stereocenters. The maximum Gasteiger partial charge on any atom is 0.269 e. The maximum atomic E-state index is 12.1. The summed E-state index contributed by atoms with van der Waals surface area (Å²) in [4.78, 5) is 34.6. The zero-order valence-corrected chi connectivity index (χ0v) is 16.8. The van der Waals surface area contributed by atoms with Gasteiger partial charge in [0.15, 0.2) is 5.65 Å². The molecule has 4 aromatic heterocycles. The fourth-order valence-corrected chi connectivity index (χ4v) is 4.07. The Kier molecular flexibility index (Phi) is 3.58. The van der Waals surface area contributed by atoms with Crippen molar-refractivity contribution in [2.24, 2.45) is 5.73 Å². The SMILES string of the molecule is CC(=O)N1CCn2c1nc(-c1ccn(C3CC3)n1)c2-c1ccc2ncc(C(N)=O)n2n1. The predicted molar refractivity (Wildman–Crippen MR) is 110 cm³/mol. The third-order valence-electron chi connectivity index (χ3n) is 5.75. The number of aromatic nitrogens is 7. The van der Waals surface area contributed by atoms with Gasteiger partial charge in [0, 0.05) is 26.2 Å². The van der Waals surface area contributed by atoms with E-state index in [4.69, 9.17) is 15.8 Å². The maximum absolute atomic E-state index is 12.1. The van der Waals surface area contributed by atoms with Crippen LogP contribution < -0.4 is 10.6 Å². The summed E-state index contributed by atoms with van der Waals surface area (Å²) in [6.07, 6.45) is 5.62. The summed E-state index contributed by atoms with van der Waals surface area (Å²) in [5.74, 6) is -0.109. The number of nitrogens with zero attached hydrogens (tertiary/aromatic N) is 8. The van der Waals surface area contributed by atoms with Crippen molar-refractivity contribution in [2.45, 2.75) is 32.4 Å². The van der Waals surface area contributed by atoms with E-state index in [1.807, 2.05) is 27.6 Å². The van der Waals surface area contributed by atoms with Crippen LogP contribution in [0.4, 0.5) is 5.95 Å². The van der Waals surface area contributed by atoms with E-state index in [1.165, 1.54) is 17.6 Å². The number of amides is 2. The molecule has 0 atom stereocenters. The standard InChI is InChI=1S/C20H19N9O2/c1-11(30)26-8-9-27-18(14-4-5-16-22-10-15(19(21)31)29(16)25-14)17(23-20(26)27)13-6-7-28(24-13)12-2-3-12/h4-7,10,12H,2-3,8-9H2,1H3,(H2,21,31). The Labute approximate surface area is 176 Å². The highest BCUT2D eigenvalue weighted by Crippen LogP contribution is 2.39. The first-order chi connectivity index (χ1) is 15.0. The van der Waals surface area contributed by atoms with Crippen LogP contribution in [0.1, 0.15) is 36.3 Å². The molecule has 1 aliphatic carbocycles. The Morgan fingerprint density at radius 2 is 1.94 bits per heavy atom. The molecule has 0 spiro atoms. The molecule has 31 heavy (non-hydrogen) atoms. The minimum Gasteiger partial charge on any atom is -0.364 e. The Morgan fingerprint density at radius 1 is 1.10 bits per heavy atom. The van der Waals surface area contributed by atoms with Crippen LogP contribution in [0.3, 0.4) is 0 Å². The largest absolute Gasteiger partial charge is 0.364 e. The molecular weight excluding hydrogens is 398 g/mol. The van der Waals surface area contributed by atoms with Gasteiger partial charge in [-0.3, -0.25) is 19.2 Å². The molecule has 6 rings (SSSR count). The lowest BCUT2D eigenvalue weighted by Gasteiger charge is -2.09. The lowest BCUT2D eigenvalue weighted by molar-refractivity contribution is -0.116. The van der Waals surface area contributed by atoms with Crippen LogP contribution in [0, 0.1) is 0 Å². The van der Waals surface area contributed by atoms with Crippen LogP contribution in [-0.2, 0) is 11.3 Å². The zero-order valence-electron chi connectivity index (χ0n) is 16.8. The fraction of sp³-hybridized carbons (Fsp3) is 0.300. The summed E-state index contributed by atoms with van der Waals surface area (Å²) in [6, 6.07) is 5.98. The van der Waals surface area contributed by atoms with Crippen LogP contribution in [0.5, 0.6) is 0 Å². The van der Waals surface area contributed by atoms with Gasteiger partial charge < -0.3 is 10.3 Å². The first-order valence-electron chi connectivity index (χ1n) is 10.1. The number of imidazole rings is 2. The van der Waals surface area contributed by atoms with Crippen LogP contribution in [0.2, 0.25) is 0 Å². The molecule has 0 bridgehead atoms. The highest BCUT2D eigenvalue weighted by atomic mass is 16.2. The number of rotatable bonds is 4. The summed E-state index contributed by atoms with van der Waals surface area (Å²) in [5.41, 5.74) is 8.89. The van der Waals surface area contributed by atoms with E-state index in [0.29, 0.717) is 42.1 Å². The summed E-state index contributed by atoms with van der Waals surface area (Å²) in [7, 11) is 0. The first kappa shape index (κ1) is 17.8. The van der Waals surface area contributed by atoms with Crippen LogP contribution >= 0.6 is 0 Å². The normalized spacial score (nSPS) is 15.6. The van der Waals surface area contributed by atoms with Crippen molar-refractivity contribution < 1.29 is 9.59 Å². The van der Waals surface area contributed by atoms with E-state index in [0.717, 1.165) is 24.2 Å². The molecule has 11 nitrogen and oxygen atoms in total. The van der Waals surface area contributed by atoms with Gasteiger partial charge in [0.2, 0.25) is 11.9 Å². The predicted octanol–water partition coefficient (Wildman–Crippen LogP) is 1.26. The van der Waals surface area contributed by atoms with E-state index in [1.54, 1.807) is 11.0 Å². The molecule has 4 aromatic rings. The van der Waals surface area contributed by atoms with Crippen molar-refractivity contribution in [2.75, 3.05) is 11.4 Å². The van der Waals surface area contributed by atoms with Gasteiger partial charge in [0.05, 0.1) is 17.9 Å². The van der Waals surface area contributed by atoms with Gasteiger partial charge in [-0.05, 0) is 31.0 Å². The molecule has 2 amide bonds. The number of hydrogen-bond acceptors (Lipinski definition) is 6. The molecule has 0 aromatic carbocycles. The molecule has 11 heteroatoms. The van der Waals surface area contributed by atoms with E-state index in [9.17, 15) is 9.59 Å². The van der Waals surface area contributed by atoms with Gasteiger partial charge in [0.25, 0.3) is 5.91 Å². The molecular formula is C20H19N9O2. The average molecular weight is 417 g/mol. The van der Waals surface area contributed by atoms with E-state index >= 15 is 0 Å². The monoisotopic (exact) mass is 417 g/mol. The minimum atomic E-state index is -0.609. The summed E-state index contributed by atoms with van der Waals surface area (Å²) >= 11 is 0. The average Bonchev–Trinajstić information content (AvgIpc) is 3.13. The molecule has 5 heterocycles. The zero-order chi connectivity index (χ0) is 21.3. The summed E-state index contributed by atoms with van der Waals surface area (Å²) in [6.45, 7) is 2.66. The lowest BCUT2D eigenvalue weighted by Crippen LogP contribution is -2.26. The van der Waals surface area contributed by atoms with Crippen molar-refractivity contribution >= 4 is 23.4 Å². The van der Waals surface area contributed by atoms with Crippen molar-refractivity contribution in [1.29, 1.82) is 0 Å². The van der Waals surface area contributed by atoms with Gasteiger partial charge >= 0.3 is 0 Å². The van der Waals surface area contributed by atoms with E-state index in [-0.39, 0.29) is 11.6 Å². The van der Waals surface area contributed by atoms with Gasteiger partial charge in [0.1, 0.15) is 22.8 Å². The number of nitrogens with two attached hydrogens (primary N) is 1. The number of primary amides is 1. The van der Waals surface area contributed by atoms with Crippen LogP contribution in [-0.4, -0.2) is 52.3 Å². The first-order valence-corrected chi connectivity index (χ1v) is 10.1. The fourth-order valence-electron chi connectivity index (χ4n) is 4.07.